The van der Waals surface area contributed by atoms with Gasteiger partial charge in [0.15, 0.2) is 0 Å². The number of hydrogen-bond acceptors (Lipinski definition) is 6. The number of benzene rings is 5. The summed E-state index contributed by atoms with van der Waals surface area (Å²) in [6.45, 7) is 4.87. The Morgan fingerprint density at radius 2 is 1.37 bits per heavy atom. The van der Waals surface area contributed by atoms with Gasteiger partial charge in [0, 0.05) is 39.3 Å². The number of azide groups is 2. The quantitative estimate of drug-likeness (QED) is 0.0677. The summed E-state index contributed by atoms with van der Waals surface area (Å²) >= 11 is 0. The van der Waals surface area contributed by atoms with E-state index in [1.807, 2.05) is 84.9 Å². The lowest BCUT2D eigenvalue weighted by Crippen LogP contribution is -2.48. The Balaban J connectivity index is 1.53. The van der Waals surface area contributed by atoms with Crippen LogP contribution in [0.4, 0.5) is 5.69 Å². The van der Waals surface area contributed by atoms with E-state index in [9.17, 15) is 16.0 Å². The molecule has 1 spiro atoms. The fourth-order valence-electron chi connectivity index (χ4n) is 8.82. The van der Waals surface area contributed by atoms with Crippen LogP contribution in [0.3, 0.4) is 0 Å². The van der Waals surface area contributed by atoms with Crippen LogP contribution in [-0.4, -0.2) is 20.2 Å². The van der Waals surface area contributed by atoms with E-state index in [4.69, 9.17) is 9.47 Å². The molecule has 2 aliphatic carbocycles. The van der Waals surface area contributed by atoms with Crippen LogP contribution in [0.5, 0.6) is 17.2 Å². The van der Waals surface area contributed by atoms with Gasteiger partial charge in [0.25, 0.3) is 0 Å². The first-order valence-electron chi connectivity index (χ1n) is 16.2. The van der Waals surface area contributed by atoms with Crippen LogP contribution in [0.25, 0.3) is 53.9 Å². The van der Waals surface area contributed by atoms with E-state index in [1.54, 1.807) is 7.11 Å². The third-order valence-electron chi connectivity index (χ3n) is 10.3. The zero-order valence-electron chi connectivity index (χ0n) is 27.6. The smallest absolute Gasteiger partial charge is 0.135 e. The summed E-state index contributed by atoms with van der Waals surface area (Å²) in [5, 5.41) is 13.3. The highest BCUT2D eigenvalue weighted by Crippen LogP contribution is 2.65. The van der Waals surface area contributed by atoms with Gasteiger partial charge in [-0.15, -0.1) is 4.91 Å². The van der Waals surface area contributed by atoms with Crippen molar-refractivity contribution in [1.29, 1.82) is 0 Å². The maximum Gasteiger partial charge on any atom is 0.135 e. The van der Waals surface area contributed by atoms with Crippen LogP contribution in [0, 0.1) is 15.7 Å². The molecule has 5 aromatic rings. The van der Waals surface area contributed by atoms with Gasteiger partial charge in [-0.25, -0.2) is 0 Å². The topological polar surface area (TPSA) is 145 Å². The summed E-state index contributed by atoms with van der Waals surface area (Å²) < 4.78 is 12.0. The second kappa shape index (κ2) is 12.3. The highest BCUT2D eigenvalue weighted by molar-refractivity contribution is 6.09. The SMILES string of the molecule is COc1ccc(-c2cc3c(N=O)cc4c(c3cc2Oc2ccccc2)-c2ccccc2C42CC(C)(CN=[N+]=[N-])CC(C)(CN=[N+]=[N-])C2)cc1. The molecule has 0 aliphatic heterocycles. The lowest BCUT2D eigenvalue weighted by molar-refractivity contribution is 0.0504. The Labute approximate surface area is 283 Å². The molecular weight excluding hydrogens is 614 g/mol. The van der Waals surface area contributed by atoms with E-state index in [2.05, 4.69) is 51.2 Å². The summed E-state index contributed by atoms with van der Waals surface area (Å²) in [5.74, 6) is 2.06. The van der Waals surface area contributed by atoms with Crippen LogP contribution in [-0.2, 0) is 5.41 Å². The van der Waals surface area contributed by atoms with E-state index in [0.29, 0.717) is 49.5 Å². The third-order valence-corrected chi connectivity index (χ3v) is 10.3. The van der Waals surface area contributed by atoms with Crippen LogP contribution in [0.1, 0.15) is 44.2 Å². The number of para-hydroxylation sites is 1. The Bertz CT molecular complexity index is 2160. The molecule has 0 N–H and O–H groups in total. The Hall–Kier alpha value is -5.82. The zero-order chi connectivity index (χ0) is 34.2. The predicted octanol–water partition coefficient (Wildman–Crippen LogP) is 11.8. The van der Waals surface area contributed by atoms with Gasteiger partial charge >= 0.3 is 0 Å². The van der Waals surface area contributed by atoms with Crippen LogP contribution >= 0.6 is 0 Å². The Kier molecular flexibility index (Phi) is 7.99. The predicted molar refractivity (Wildman–Crippen MR) is 192 cm³/mol. The molecule has 49 heavy (non-hydrogen) atoms. The van der Waals surface area contributed by atoms with E-state index in [-0.39, 0.29) is 0 Å². The van der Waals surface area contributed by atoms with Crippen molar-refractivity contribution in [3.63, 3.8) is 0 Å². The molecule has 0 saturated heterocycles. The molecule has 10 heteroatoms. The zero-order valence-corrected chi connectivity index (χ0v) is 27.6. The fourth-order valence-corrected chi connectivity index (χ4v) is 8.82. The normalized spacial score (nSPS) is 22.0. The maximum atomic E-state index is 12.8. The van der Waals surface area contributed by atoms with Gasteiger partial charge in [0.2, 0.25) is 0 Å². The first-order valence-corrected chi connectivity index (χ1v) is 16.2. The van der Waals surface area contributed by atoms with Gasteiger partial charge in [-0.2, -0.15) is 0 Å². The van der Waals surface area contributed by atoms with Crippen molar-refractivity contribution < 1.29 is 9.47 Å². The van der Waals surface area contributed by atoms with E-state index in [1.165, 1.54) is 0 Å². The molecule has 244 valence electrons. The van der Waals surface area contributed by atoms with E-state index >= 15 is 0 Å². The second-order valence-corrected chi connectivity index (χ2v) is 14.0. The van der Waals surface area contributed by atoms with Gasteiger partial charge in [0.1, 0.15) is 22.9 Å². The highest BCUT2D eigenvalue weighted by Gasteiger charge is 2.55. The first kappa shape index (κ1) is 31.8. The summed E-state index contributed by atoms with van der Waals surface area (Å²) in [6, 6.07) is 31.7. The summed E-state index contributed by atoms with van der Waals surface area (Å²) in [4.78, 5) is 19.0. The summed E-state index contributed by atoms with van der Waals surface area (Å²) in [5.41, 5.74) is 23.5. The van der Waals surface area contributed by atoms with Crippen molar-refractivity contribution in [2.24, 2.45) is 26.2 Å². The lowest BCUT2D eigenvalue weighted by atomic mass is 9.51. The van der Waals surface area contributed by atoms with Crippen LogP contribution in [0.15, 0.2) is 112 Å². The van der Waals surface area contributed by atoms with Crippen LogP contribution in [0.2, 0.25) is 0 Å². The Morgan fingerprint density at radius 1 is 0.714 bits per heavy atom. The van der Waals surface area contributed by atoms with Gasteiger partial charge < -0.3 is 9.47 Å². The number of methoxy groups -OCH3 is 1. The second-order valence-electron chi connectivity index (χ2n) is 14.0. The van der Waals surface area contributed by atoms with Crippen molar-refractivity contribution in [2.75, 3.05) is 20.2 Å². The number of hydrogen-bond donors (Lipinski definition) is 0. The van der Waals surface area contributed by atoms with Crippen molar-refractivity contribution >= 4 is 16.5 Å². The maximum absolute atomic E-state index is 12.8. The number of nitrogens with zero attached hydrogens (tertiary/aromatic N) is 7. The van der Waals surface area contributed by atoms with Crippen molar-refractivity contribution in [3.8, 4) is 39.5 Å². The molecule has 0 bridgehead atoms. The minimum absolute atomic E-state index is 0.293. The van der Waals surface area contributed by atoms with Crippen molar-refractivity contribution in [1.82, 2.24) is 0 Å². The van der Waals surface area contributed by atoms with Gasteiger partial charge in [-0.3, -0.25) is 0 Å². The van der Waals surface area contributed by atoms with E-state index in [0.717, 1.165) is 49.9 Å². The van der Waals surface area contributed by atoms with Crippen molar-refractivity contribution in [2.45, 2.75) is 38.5 Å². The molecule has 5 aromatic carbocycles. The first-order chi connectivity index (χ1) is 23.7. The third kappa shape index (κ3) is 5.51. The summed E-state index contributed by atoms with van der Waals surface area (Å²) in [7, 11) is 1.63. The Morgan fingerprint density at radius 3 is 2.00 bits per heavy atom. The largest absolute Gasteiger partial charge is 0.497 e. The molecule has 0 radical (unpaired) electrons. The van der Waals surface area contributed by atoms with Crippen LogP contribution < -0.4 is 9.47 Å². The molecule has 10 nitrogen and oxygen atoms in total. The molecule has 0 amide bonds. The minimum Gasteiger partial charge on any atom is -0.497 e. The fraction of sp³-hybridized carbons (Fsp3) is 0.282. The molecular formula is C39H35N7O3. The molecule has 1 saturated carbocycles. The van der Waals surface area contributed by atoms with Gasteiger partial charge in [0.05, 0.1) is 7.11 Å². The molecule has 0 aromatic heterocycles. The number of fused-ring (bicyclic) bond motifs is 7. The number of nitroso groups, excluding NO2 is 1. The molecule has 7 rings (SSSR count). The average Bonchev–Trinajstić information content (AvgIpc) is 3.37. The standard InChI is InChI=1S/C39H35N7O3/c1-37(23-42-45-40)20-38(2,24-43-46-41)22-39(21-37)32-12-8-7-11-28(32)36-31-18-35(49-27-9-5-4-6-10-27)29(25-13-15-26(48-3)16-14-25)17-30(31)34(44-47)19-33(36)39/h4-19H,20-24H2,1-3H3. The molecule has 2 aliphatic rings. The summed E-state index contributed by atoms with van der Waals surface area (Å²) in [6.07, 6.45) is 2.07. The lowest BCUT2D eigenvalue weighted by Gasteiger charge is -2.53. The molecule has 2 atom stereocenters. The highest BCUT2D eigenvalue weighted by atomic mass is 16.5. The molecule has 1 fully saturated rings. The number of rotatable bonds is 9. The monoisotopic (exact) mass is 649 g/mol. The molecule has 2 unspecified atom stereocenters. The van der Waals surface area contributed by atoms with E-state index < -0.39 is 16.2 Å². The number of ether oxygens (including phenoxy) is 2. The molecule has 0 heterocycles. The van der Waals surface area contributed by atoms with Gasteiger partial charge in [-0.05, 0) is 122 Å². The van der Waals surface area contributed by atoms with Crippen molar-refractivity contribution in [3.05, 3.63) is 134 Å². The minimum atomic E-state index is -0.563. The van der Waals surface area contributed by atoms with Gasteiger partial charge in [-0.1, -0.05) is 78.7 Å². The average molecular weight is 650 g/mol.